The van der Waals surface area contributed by atoms with Crippen molar-refractivity contribution in [1.29, 1.82) is 5.26 Å². The first-order chi connectivity index (χ1) is 12.2. The lowest BCUT2D eigenvalue weighted by molar-refractivity contribution is 0.420. The number of aliphatic hydroxyl groups is 1. The van der Waals surface area contributed by atoms with Crippen molar-refractivity contribution in [3.63, 3.8) is 0 Å². The molecule has 1 saturated carbocycles. The van der Waals surface area contributed by atoms with Crippen LogP contribution in [0.5, 0.6) is 0 Å². The van der Waals surface area contributed by atoms with Gasteiger partial charge in [0, 0.05) is 7.05 Å². The van der Waals surface area contributed by atoms with Gasteiger partial charge in [0.2, 0.25) is 5.16 Å². The lowest BCUT2D eigenvalue weighted by Crippen LogP contribution is -2.02. The Morgan fingerprint density at radius 1 is 1.40 bits per heavy atom. The standard InChI is InChI=1S/C16H15N7OS/c1-22-13-5-3-2-4-12(13)18-15(22)11(8-17)14(24)9-25-16-19-20-21-23(16)10-6-7-10/h2-5,10,24H,6-7,9H2,1H3/b14-11-. The van der Waals surface area contributed by atoms with Crippen LogP contribution in [0.1, 0.15) is 24.7 Å². The smallest absolute Gasteiger partial charge is 0.210 e. The first kappa shape index (κ1) is 15.7. The molecule has 1 fully saturated rings. The van der Waals surface area contributed by atoms with E-state index in [0.717, 1.165) is 23.9 Å². The third kappa shape index (κ3) is 2.85. The van der Waals surface area contributed by atoms with Crippen LogP contribution in [-0.4, -0.2) is 40.6 Å². The van der Waals surface area contributed by atoms with Gasteiger partial charge in [-0.3, -0.25) is 0 Å². The van der Waals surface area contributed by atoms with Crippen molar-refractivity contribution in [2.24, 2.45) is 7.05 Å². The van der Waals surface area contributed by atoms with Crippen molar-refractivity contribution in [2.75, 3.05) is 5.75 Å². The highest BCUT2D eigenvalue weighted by molar-refractivity contribution is 7.99. The van der Waals surface area contributed by atoms with E-state index in [1.54, 1.807) is 4.68 Å². The number of nitrogens with zero attached hydrogens (tertiary/aromatic N) is 7. The number of allylic oxidation sites excluding steroid dienone is 1. The number of hydrogen-bond donors (Lipinski definition) is 1. The van der Waals surface area contributed by atoms with E-state index in [1.165, 1.54) is 11.8 Å². The van der Waals surface area contributed by atoms with Gasteiger partial charge >= 0.3 is 0 Å². The number of hydrogen-bond acceptors (Lipinski definition) is 7. The predicted octanol–water partition coefficient (Wildman–Crippen LogP) is 2.48. The monoisotopic (exact) mass is 353 g/mol. The molecular weight excluding hydrogens is 338 g/mol. The van der Waals surface area contributed by atoms with Crippen molar-refractivity contribution >= 4 is 28.4 Å². The normalized spacial score (nSPS) is 15.2. The summed E-state index contributed by atoms with van der Waals surface area (Å²) in [7, 11) is 1.83. The maximum atomic E-state index is 10.5. The SMILES string of the molecule is Cn1c(/C(C#N)=C(\O)CSc2nnnn2C2CC2)nc2ccccc21. The van der Waals surface area contributed by atoms with Gasteiger partial charge in [0.1, 0.15) is 17.4 Å². The van der Waals surface area contributed by atoms with E-state index < -0.39 is 0 Å². The lowest BCUT2D eigenvalue weighted by atomic mass is 10.2. The lowest BCUT2D eigenvalue weighted by Gasteiger charge is -2.05. The number of aromatic nitrogens is 6. The zero-order valence-corrected chi connectivity index (χ0v) is 14.3. The van der Waals surface area contributed by atoms with Gasteiger partial charge in [0.25, 0.3) is 0 Å². The van der Waals surface area contributed by atoms with Gasteiger partial charge in [0.05, 0.1) is 22.8 Å². The molecule has 0 aliphatic heterocycles. The molecule has 0 amide bonds. The second kappa shape index (κ2) is 6.22. The molecule has 2 heterocycles. The molecule has 9 heteroatoms. The van der Waals surface area contributed by atoms with Gasteiger partial charge in [-0.05, 0) is 35.4 Å². The fourth-order valence-corrected chi connectivity index (χ4v) is 3.47. The Kier molecular flexibility index (Phi) is 3.89. The average molecular weight is 353 g/mol. The summed E-state index contributed by atoms with van der Waals surface area (Å²) in [4.78, 5) is 4.47. The number of imidazole rings is 1. The van der Waals surface area contributed by atoms with Crippen LogP contribution >= 0.6 is 11.8 Å². The molecule has 1 aliphatic carbocycles. The Morgan fingerprint density at radius 2 is 2.20 bits per heavy atom. The van der Waals surface area contributed by atoms with Gasteiger partial charge in [-0.2, -0.15) is 5.26 Å². The van der Waals surface area contributed by atoms with Crippen LogP contribution in [0.25, 0.3) is 16.6 Å². The van der Waals surface area contributed by atoms with Crippen molar-refractivity contribution in [1.82, 2.24) is 29.8 Å². The summed E-state index contributed by atoms with van der Waals surface area (Å²) < 4.78 is 3.59. The molecule has 4 rings (SSSR count). The van der Waals surface area contributed by atoms with Gasteiger partial charge in [0.15, 0.2) is 5.82 Å². The third-order valence-electron chi connectivity index (χ3n) is 4.10. The summed E-state index contributed by atoms with van der Waals surface area (Å²) in [5.41, 5.74) is 1.85. The van der Waals surface area contributed by atoms with E-state index in [4.69, 9.17) is 0 Å². The van der Waals surface area contributed by atoms with Crippen LogP contribution in [-0.2, 0) is 7.05 Å². The van der Waals surface area contributed by atoms with Crippen LogP contribution in [0, 0.1) is 11.3 Å². The van der Waals surface area contributed by atoms with Gasteiger partial charge < -0.3 is 9.67 Å². The zero-order chi connectivity index (χ0) is 17.4. The molecule has 1 aromatic carbocycles. The summed E-state index contributed by atoms with van der Waals surface area (Å²) in [6.45, 7) is 0. The minimum absolute atomic E-state index is 0.0312. The average Bonchev–Trinajstić information content (AvgIpc) is 3.28. The number of rotatable bonds is 5. The van der Waals surface area contributed by atoms with Crippen LogP contribution in [0.15, 0.2) is 35.2 Å². The van der Waals surface area contributed by atoms with Gasteiger partial charge in [-0.1, -0.05) is 23.9 Å². The molecule has 0 saturated heterocycles. The van der Waals surface area contributed by atoms with Crippen molar-refractivity contribution in [3.8, 4) is 6.07 Å². The number of para-hydroxylation sites is 2. The molecule has 1 N–H and O–H groups in total. The number of fused-ring (bicyclic) bond motifs is 1. The fourth-order valence-electron chi connectivity index (χ4n) is 2.65. The number of nitriles is 1. The van der Waals surface area contributed by atoms with Crippen molar-refractivity contribution in [2.45, 2.75) is 24.0 Å². The number of aryl methyl sites for hydroxylation is 1. The summed E-state index contributed by atoms with van der Waals surface area (Å²) in [6, 6.07) is 10.0. The van der Waals surface area contributed by atoms with Crippen LogP contribution in [0.3, 0.4) is 0 Å². The molecule has 0 bridgehead atoms. The minimum atomic E-state index is -0.0312. The van der Waals surface area contributed by atoms with Crippen molar-refractivity contribution < 1.29 is 5.11 Å². The minimum Gasteiger partial charge on any atom is -0.510 e. The summed E-state index contributed by atoms with van der Waals surface area (Å²) in [5, 5.41) is 32.3. The Morgan fingerprint density at radius 3 is 2.92 bits per heavy atom. The fraction of sp³-hybridized carbons (Fsp3) is 0.312. The van der Waals surface area contributed by atoms with E-state index in [9.17, 15) is 10.4 Å². The number of aliphatic hydroxyl groups excluding tert-OH is 1. The molecule has 2 aromatic heterocycles. The topological polar surface area (TPSA) is 105 Å². The van der Waals surface area contributed by atoms with Crippen LogP contribution in [0.4, 0.5) is 0 Å². The molecule has 1 aliphatic rings. The highest BCUT2D eigenvalue weighted by Gasteiger charge is 2.28. The highest BCUT2D eigenvalue weighted by atomic mass is 32.2. The molecule has 8 nitrogen and oxygen atoms in total. The second-order valence-corrected chi connectivity index (χ2v) is 6.79. The first-order valence-electron chi connectivity index (χ1n) is 7.83. The van der Waals surface area contributed by atoms with E-state index in [1.807, 2.05) is 35.9 Å². The van der Waals surface area contributed by atoms with Crippen LogP contribution < -0.4 is 0 Å². The quantitative estimate of drug-likeness (QED) is 0.427. The maximum Gasteiger partial charge on any atom is 0.210 e. The van der Waals surface area contributed by atoms with Gasteiger partial charge in [-0.15, -0.1) is 5.10 Å². The Bertz CT molecular complexity index is 1010. The maximum absolute atomic E-state index is 10.5. The van der Waals surface area contributed by atoms with E-state index in [-0.39, 0.29) is 17.1 Å². The molecule has 126 valence electrons. The van der Waals surface area contributed by atoms with Crippen molar-refractivity contribution in [3.05, 3.63) is 35.8 Å². The number of tetrazole rings is 1. The van der Waals surface area contributed by atoms with E-state index in [2.05, 4.69) is 26.6 Å². The molecular formula is C16H15N7OS. The largest absolute Gasteiger partial charge is 0.510 e. The molecule has 0 radical (unpaired) electrons. The molecule has 3 aromatic rings. The van der Waals surface area contributed by atoms with E-state index >= 15 is 0 Å². The zero-order valence-electron chi connectivity index (χ0n) is 13.5. The number of thioether (sulfide) groups is 1. The predicted molar refractivity (Wildman–Crippen MR) is 92.7 cm³/mol. The Hall–Kier alpha value is -2.86. The molecule has 25 heavy (non-hydrogen) atoms. The summed E-state index contributed by atoms with van der Waals surface area (Å²) >= 11 is 1.31. The Labute approximate surface area is 147 Å². The van der Waals surface area contributed by atoms with Crippen LogP contribution in [0.2, 0.25) is 0 Å². The summed E-state index contributed by atoms with van der Waals surface area (Å²) in [5.74, 6) is 0.624. The molecule has 0 atom stereocenters. The molecule has 0 unspecified atom stereocenters. The highest BCUT2D eigenvalue weighted by Crippen LogP contribution is 2.36. The second-order valence-electron chi connectivity index (χ2n) is 5.84. The molecule has 0 spiro atoms. The first-order valence-corrected chi connectivity index (χ1v) is 8.82. The Balaban J connectivity index is 1.62. The van der Waals surface area contributed by atoms with E-state index in [0.29, 0.717) is 17.0 Å². The third-order valence-corrected chi connectivity index (χ3v) is 5.05. The summed E-state index contributed by atoms with van der Waals surface area (Å²) in [6.07, 6.45) is 2.15. The van der Waals surface area contributed by atoms with Gasteiger partial charge in [-0.25, -0.2) is 9.67 Å². The number of benzene rings is 1.